The van der Waals surface area contributed by atoms with Crippen LogP contribution in [0.15, 0.2) is 33.6 Å². The van der Waals surface area contributed by atoms with Crippen molar-refractivity contribution in [3.63, 3.8) is 0 Å². The van der Waals surface area contributed by atoms with Crippen LogP contribution in [-0.4, -0.2) is 54.8 Å². The Morgan fingerprint density at radius 3 is 2.74 bits per heavy atom. The van der Waals surface area contributed by atoms with Gasteiger partial charge in [-0.2, -0.15) is 0 Å². The standard InChI is InChI=1S/C16H21BrN2O3S/c1-12(16(21)19-7-9-22-10-8-19)18-15(20)6-11-23-14-5-3-2-4-13(14)17/h2-5,12H,6-11H2,1H3,(H,18,20). The molecule has 0 radical (unpaired) electrons. The summed E-state index contributed by atoms with van der Waals surface area (Å²) >= 11 is 5.10. The minimum absolute atomic E-state index is 0.0416. The third-order valence-electron chi connectivity index (χ3n) is 3.49. The smallest absolute Gasteiger partial charge is 0.245 e. The highest BCUT2D eigenvalue weighted by atomic mass is 79.9. The fraction of sp³-hybridized carbons (Fsp3) is 0.500. The lowest BCUT2D eigenvalue weighted by Crippen LogP contribution is -2.50. The maximum absolute atomic E-state index is 12.2. The molecule has 1 aromatic rings. The van der Waals surface area contributed by atoms with Crippen LogP contribution >= 0.6 is 27.7 Å². The van der Waals surface area contributed by atoms with Gasteiger partial charge in [0.15, 0.2) is 0 Å². The summed E-state index contributed by atoms with van der Waals surface area (Å²) in [4.78, 5) is 27.1. The van der Waals surface area contributed by atoms with Gasteiger partial charge in [0.25, 0.3) is 0 Å². The van der Waals surface area contributed by atoms with E-state index in [2.05, 4.69) is 21.2 Å². The number of ether oxygens (including phenoxy) is 1. The van der Waals surface area contributed by atoms with Crippen molar-refractivity contribution in [2.45, 2.75) is 24.3 Å². The molecule has 5 nitrogen and oxygen atoms in total. The van der Waals surface area contributed by atoms with Gasteiger partial charge in [0.05, 0.1) is 13.2 Å². The first-order valence-corrected chi connectivity index (χ1v) is 9.39. The second-order valence-corrected chi connectivity index (χ2v) is 7.25. The number of nitrogens with one attached hydrogen (secondary N) is 1. The Morgan fingerprint density at radius 2 is 2.04 bits per heavy atom. The molecule has 1 unspecified atom stereocenters. The van der Waals surface area contributed by atoms with E-state index in [-0.39, 0.29) is 11.8 Å². The summed E-state index contributed by atoms with van der Waals surface area (Å²) in [6, 6.07) is 7.42. The maximum Gasteiger partial charge on any atom is 0.245 e. The van der Waals surface area contributed by atoms with Gasteiger partial charge in [-0.25, -0.2) is 0 Å². The zero-order valence-electron chi connectivity index (χ0n) is 13.1. The van der Waals surface area contributed by atoms with Crippen molar-refractivity contribution in [2.75, 3.05) is 32.1 Å². The quantitative estimate of drug-likeness (QED) is 0.744. The number of thioether (sulfide) groups is 1. The number of halogens is 1. The Hall–Kier alpha value is -1.05. The van der Waals surface area contributed by atoms with Crippen LogP contribution in [0.2, 0.25) is 0 Å². The predicted octanol–water partition coefficient (Wildman–Crippen LogP) is 2.29. The molecule has 0 aromatic heterocycles. The molecule has 2 amide bonds. The van der Waals surface area contributed by atoms with Crippen LogP contribution in [0, 0.1) is 0 Å². The van der Waals surface area contributed by atoms with E-state index in [4.69, 9.17) is 4.74 Å². The maximum atomic E-state index is 12.2. The Labute approximate surface area is 149 Å². The number of hydrogen-bond donors (Lipinski definition) is 1. The van der Waals surface area contributed by atoms with E-state index < -0.39 is 6.04 Å². The second-order valence-electron chi connectivity index (χ2n) is 5.26. The molecule has 1 saturated heterocycles. The third-order valence-corrected chi connectivity index (χ3v) is 5.52. The van der Waals surface area contributed by atoms with Crippen molar-refractivity contribution >= 4 is 39.5 Å². The first-order chi connectivity index (χ1) is 11.1. The van der Waals surface area contributed by atoms with Gasteiger partial charge < -0.3 is 15.0 Å². The Morgan fingerprint density at radius 1 is 1.35 bits per heavy atom. The fourth-order valence-corrected chi connectivity index (χ4v) is 3.76. The average molecular weight is 401 g/mol. The number of carbonyl (C=O) groups excluding carboxylic acids is 2. The molecular formula is C16H21BrN2O3S. The molecule has 1 fully saturated rings. The number of benzene rings is 1. The van der Waals surface area contributed by atoms with Crippen molar-refractivity contribution in [1.29, 1.82) is 0 Å². The molecule has 1 atom stereocenters. The monoisotopic (exact) mass is 400 g/mol. The predicted molar refractivity (Wildman–Crippen MR) is 94.5 cm³/mol. The van der Waals surface area contributed by atoms with E-state index >= 15 is 0 Å². The third kappa shape index (κ3) is 5.82. The molecule has 1 aliphatic rings. The number of morpholine rings is 1. The van der Waals surface area contributed by atoms with Crippen molar-refractivity contribution in [2.24, 2.45) is 0 Å². The van der Waals surface area contributed by atoms with E-state index in [0.29, 0.717) is 38.5 Å². The average Bonchev–Trinajstić information content (AvgIpc) is 2.56. The minimum atomic E-state index is -0.492. The van der Waals surface area contributed by atoms with Crippen molar-refractivity contribution in [1.82, 2.24) is 10.2 Å². The van der Waals surface area contributed by atoms with E-state index in [1.54, 1.807) is 23.6 Å². The molecule has 1 aliphatic heterocycles. The molecule has 23 heavy (non-hydrogen) atoms. The molecular weight excluding hydrogens is 380 g/mol. The molecule has 0 aliphatic carbocycles. The largest absolute Gasteiger partial charge is 0.378 e. The van der Waals surface area contributed by atoms with Crippen molar-refractivity contribution in [3.05, 3.63) is 28.7 Å². The number of carbonyl (C=O) groups is 2. The molecule has 7 heteroatoms. The van der Waals surface area contributed by atoms with E-state index in [0.717, 1.165) is 9.37 Å². The van der Waals surface area contributed by atoms with Crippen molar-refractivity contribution < 1.29 is 14.3 Å². The van der Waals surface area contributed by atoms with Crippen molar-refractivity contribution in [3.8, 4) is 0 Å². The summed E-state index contributed by atoms with van der Waals surface area (Å²) in [5.41, 5.74) is 0. The number of rotatable bonds is 6. The van der Waals surface area contributed by atoms with Gasteiger partial charge in [-0.1, -0.05) is 12.1 Å². The summed E-state index contributed by atoms with van der Waals surface area (Å²) in [5, 5.41) is 2.78. The number of amides is 2. The van der Waals surface area contributed by atoms with Crippen LogP contribution in [0.5, 0.6) is 0 Å². The van der Waals surface area contributed by atoms with Crippen LogP contribution in [0.1, 0.15) is 13.3 Å². The lowest BCUT2D eigenvalue weighted by atomic mass is 10.2. The molecule has 0 spiro atoms. The van der Waals surface area contributed by atoms with Gasteiger partial charge in [-0.3, -0.25) is 9.59 Å². The molecule has 0 saturated carbocycles. The van der Waals surface area contributed by atoms with Gasteiger partial charge >= 0.3 is 0 Å². The minimum Gasteiger partial charge on any atom is -0.378 e. The normalized spacial score (nSPS) is 16.0. The number of nitrogens with zero attached hydrogens (tertiary/aromatic N) is 1. The first-order valence-electron chi connectivity index (χ1n) is 7.61. The fourth-order valence-electron chi connectivity index (χ4n) is 2.25. The summed E-state index contributed by atoms with van der Waals surface area (Å²) < 4.78 is 6.26. The van der Waals surface area contributed by atoms with Gasteiger partial charge in [0.1, 0.15) is 6.04 Å². The Balaban J connectivity index is 1.71. The second kappa shape index (κ2) is 9.30. The molecule has 1 N–H and O–H groups in total. The van der Waals surface area contributed by atoms with Gasteiger partial charge in [0, 0.05) is 34.6 Å². The van der Waals surface area contributed by atoms with E-state index in [1.807, 2.05) is 24.3 Å². The van der Waals surface area contributed by atoms with E-state index in [9.17, 15) is 9.59 Å². The molecule has 1 heterocycles. The topological polar surface area (TPSA) is 58.6 Å². The highest BCUT2D eigenvalue weighted by Crippen LogP contribution is 2.27. The van der Waals surface area contributed by atoms with Crippen LogP contribution in [0.4, 0.5) is 0 Å². The van der Waals surface area contributed by atoms with Crippen LogP contribution in [0.3, 0.4) is 0 Å². The molecule has 2 rings (SSSR count). The molecule has 126 valence electrons. The summed E-state index contributed by atoms with van der Waals surface area (Å²) in [5.74, 6) is 0.533. The zero-order valence-corrected chi connectivity index (χ0v) is 15.5. The molecule has 0 bridgehead atoms. The first kappa shape index (κ1) is 18.3. The highest BCUT2D eigenvalue weighted by molar-refractivity contribution is 9.10. The Kier molecular flexibility index (Phi) is 7.39. The Bertz CT molecular complexity index is 550. The SMILES string of the molecule is CC(NC(=O)CCSc1ccccc1Br)C(=O)N1CCOCC1. The van der Waals surface area contributed by atoms with Crippen LogP contribution < -0.4 is 5.32 Å². The summed E-state index contributed by atoms with van der Waals surface area (Å²) in [6.45, 7) is 4.05. The van der Waals surface area contributed by atoms with E-state index in [1.165, 1.54) is 0 Å². The molecule has 1 aromatic carbocycles. The van der Waals surface area contributed by atoms with Crippen LogP contribution in [-0.2, 0) is 14.3 Å². The highest BCUT2D eigenvalue weighted by Gasteiger charge is 2.23. The zero-order chi connectivity index (χ0) is 16.7. The lowest BCUT2D eigenvalue weighted by Gasteiger charge is -2.29. The van der Waals surface area contributed by atoms with Gasteiger partial charge in [-0.15, -0.1) is 11.8 Å². The number of hydrogen-bond acceptors (Lipinski definition) is 4. The van der Waals surface area contributed by atoms with Crippen LogP contribution in [0.25, 0.3) is 0 Å². The lowest BCUT2D eigenvalue weighted by molar-refractivity contribution is -0.139. The summed E-state index contributed by atoms with van der Waals surface area (Å²) in [7, 11) is 0. The van der Waals surface area contributed by atoms with Gasteiger partial charge in [0.2, 0.25) is 11.8 Å². The summed E-state index contributed by atoms with van der Waals surface area (Å²) in [6.07, 6.45) is 0.382. The van der Waals surface area contributed by atoms with Gasteiger partial charge in [-0.05, 0) is 35.0 Å².